The van der Waals surface area contributed by atoms with Crippen LogP contribution in [0.25, 0.3) is 0 Å². The fourth-order valence-corrected chi connectivity index (χ4v) is 2.97. The van der Waals surface area contributed by atoms with E-state index in [0.717, 1.165) is 6.54 Å². The van der Waals surface area contributed by atoms with E-state index in [0.29, 0.717) is 6.54 Å². The molecule has 1 aliphatic heterocycles. The normalized spacial score (nSPS) is 23.8. The van der Waals surface area contributed by atoms with Crippen molar-refractivity contribution in [2.24, 2.45) is 0 Å². The lowest BCUT2D eigenvalue weighted by atomic mass is 10.2. The number of nitrogens with one attached hydrogen (secondary N) is 1. The second kappa shape index (κ2) is 5.18. The molecule has 1 aliphatic rings. The Hall–Kier alpha value is -0.593. The predicted molar refractivity (Wildman–Crippen MR) is 75.9 cm³/mol. The molecule has 1 N–H and O–H groups in total. The number of likely N-dealkylation sites (N-methyl/N-ethyl adjacent to an activating group) is 1. The van der Waals surface area contributed by atoms with Gasteiger partial charge in [0.15, 0.2) is 8.32 Å². The van der Waals surface area contributed by atoms with Gasteiger partial charge in [0.05, 0.1) is 6.10 Å². The molecule has 0 aliphatic carbocycles. The van der Waals surface area contributed by atoms with E-state index >= 15 is 0 Å². The van der Waals surface area contributed by atoms with Gasteiger partial charge in [-0.2, -0.15) is 0 Å². The minimum absolute atomic E-state index is 0.0600. The summed E-state index contributed by atoms with van der Waals surface area (Å²) >= 11 is 0. The lowest BCUT2D eigenvalue weighted by Crippen LogP contribution is -2.48. The molecule has 1 saturated heterocycles. The Morgan fingerprint density at radius 3 is 2.39 bits per heavy atom. The van der Waals surface area contributed by atoms with Crippen LogP contribution in [0.2, 0.25) is 18.1 Å². The van der Waals surface area contributed by atoms with E-state index in [4.69, 9.17) is 4.43 Å². The summed E-state index contributed by atoms with van der Waals surface area (Å²) in [5.74, 6) is 0. The molecule has 1 fully saturated rings. The molecule has 0 aromatic heterocycles. The van der Waals surface area contributed by atoms with Crippen LogP contribution >= 0.6 is 0 Å². The maximum Gasteiger partial charge on any atom is 0.331 e. The molecule has 0 aromatic rings. The summed E-state index contributed by atoms with van der Waals surface area (Å²) in [6.45, 7) is 12.5. The molecule has 1 atom stereocenters. The largest absolute Gasteiger partial charge is 0.411 e. The molecular weight excluding hydrogens is 246 g/mol. The van der Waals surface area contributed by atoms with Gasteiger partial charge in [-0.1, -0.05) is 20.8 Å². The molecule has 1 heterocycles. The first-order chi connectivity index (χ1) is 8.04. The van der Waals surface area contributed by atoms with Gasteiger partial charge >= 0.3 is 6.03 Å². The zero-order valence-corrected chi connectivity index (χ0v) is 13.7. The van der Waals surface area contributed by atoms with Gasteiger partial charge in [0.25, 0.3) is 0 Å². The van der Waals surface area contributed by atoms with Crippen molar-refractivity contribution in [3.05, 3.63) is 0 Å². The molecule has 0 aromatic carbocycles. The molecule has 5 nitrogen and oxygen atoms in total. The van der Waals surface area contributed by atoms with E-state index in [1.54, 1.807) is 12.1 Å². The average molecular weight is 273 g/mol. The van der Waals surface area contributed by atoms with Crippen molar-refractivity contribution in [1.29, 1.82) is 0 Å². The van der Waals surface area contributed by atoms with Gasteiger partial charge in [-0.3, -0.25) is 5.01 Å². The maximum atomic E-state index is 11.7. The molecule has 0 spiro atoms. The summed E-state index contributed by atoms with van der Waals surface area (Å²) in [6, 6.07) is -0.0705. The van der Waals surface area contributed by atoms with Gasteiger partial charge in [-0.25, -0.2) is 9.80 Å². The highest BCUT2D eigenvalue weighted by Crippen LogP contribution is 2.37. The standard InChI is InChI=1S/C12H27N3O2Si/c1-12(2,3)18(6,7)17-10-8-13-11(16)15(5)14(4)9-10/h10H,8-9H2,1-7H3,(H,13,16). The van der Waals surface area contributed by atoms with Crippen LogP contribution in [-0.4, -0.2) is 57.7 Å². The Bertz CT molecular complexity index is 315. The van der Waals surface area contributed by atoms with Crippen molar-refractivity contribution in [2.75, 3.05) is 27.2 Å². The smallest absolute Gasteiger partial charge is 0.331 e. The molecule has 0 saturated carbocycles. The summed E-state index contributed by atoms with van der Waals surface area (Å²) in [5, 5.41) is 6.57. The summed E-state index contributed by atoms with van der Waals surface area (Å²) < 4.78 is 6.35. The highest BCUT2D eigenvalue weighted by atomic mass is 28.4. The molecule has 6 heteroatoms. The zero-order chi connectivity index (χ0) is 14.1. The number of rotatable bonds is 2. The number of carbonyl (C=O) groups excluding carboxylic acids is 1. The molecular formula is C12H27N3O2Si. The first-order valence-electron chi connectivity index (χ1n) is 6.45. The summed E-state index contributed by atoms with van der Waals surface area (Å²) in [6.07, 6.45) is 0.0600. The topological polar surface area (TPSA) is 44.8 Å². The second-order valence-corrected chi connectivity index (χ2v) is 11.3. The molecule has 1 rings (SSSR count). The minimum atomic E-state index is -1.78. The van der Waals surface area contributed by atoms with Crippen molar-refractivity contribution in [2.45, 2.75) is 45.0 Å². The van der Waals surface area contributed by atoms with Crippen LogP contribution in [0.4, 0.5) is 4.79 Å². The number of hydrazine groups is 1. The number of hydrogen-bond donors (Lipinski definition) is 1. The van der Waals surface area contributed by atoms with Crippen molar-refractivity contribution in [1.82, 2.24) is 15.3 Å². The van der Waals surface area contributed by atoms with E-state index in [1.165, 1.54) is 0 Å². The van der Waals surface area contributed by atoms with Crippen molar-refractivity contribution >= 4 is 14.3 Å². The van der Waals surface area contributed by atoms with Gasteiger partial charge in [-0.05, 0) is 18.1 Å². The van der Waals surface area contributed by atoms with Crippen molar-refractivity contribution in [3.8, 4) is 0 Å². The highest BCUT2D eigenvalue weighted by Gasteiger charge is 2.40. The van der Waals surface area contributed by atoms with Crippen molar-refractivity contribution in [3.63, 3.8) is 0 Å². The molecule has 0 bridgehead atoms. The average Bonchev–Trinajstić information content (AvgIpc) is 2.31. The summed E-state index contributed by atoms with van der Waals surface area (Å²) in [4.78, 5) is 11.7. The summed E-state index contributed by atoms with van der Waals surface area (Å²) in [5.41, 5.74) is 0. The third kappa shape index (κ3) is 3.46. The monoisotopic (exact) mass is 273 g/mol. The Morgan fingerprint density at radius 2 is 1.89 bits per heavy atom. The van der Waals surface area contributed by atoms with Crippen LogP contribution in [0.1, 0.15) is 20.8 Å². The Kier molecular flexibility index (Phi) is 4.45. The molecule has 2 amide bonds. The third-order valence-corrected chi connectivity index (χ3v) is 8.56. The van der Waals surface area contributed by atoms with Crippen LogP contribution in [0.15, 0.2) is 0 Å². The number of hydrogen-bond acceptors (Lipinski definition) is 3. The molecule has 1 unspecified atom stereocenters. The third-order valence-electron chi connectivity index (χ3n) is 4.02. The first kappa shape index (κ1) is 15.5. The number of nitrogens with zero attached hydrogens (tertiary/aromatic N) is 2. The van der Waals surface area contributed by atoms with Gasteiger partial charge in [0, 0.05) is 27.2 Å². The Morgan fingerprint density at radius 1 is 1.33 bits per heavy atom. The van der Waals surface area contributed by atoms with E-state index < -0.39 is 8.32 Å². The van der Waals surface area contributed by atoms with E-state index in [9.17, 15) is 4.79 Å². The van der Waals surface area contributed by atoms with Crippen LogP contribution in [0.3, 0.4) is 0 Å². The van der Waals surface area contributed by atoms with Gasteiger partial charge < -0.3 is 9.74 Å². The zero-order valence-electron chi connectivity index (χ0n) is 12.7. The molecule has 0 radical (unpaired) electrons. The number of amides is 2. The SMILES string of the molecule is CN1CC(O[Si](C)(C)C(C)(C)C)CNC(=O)N1C. The van der Waals surface area contributed by atoms with Gasteiger partial charge in [0.2, 0.25) is 0 Å². The Labute approximate surface area is 112 Å². The van der Waals surface area contributed by atoms with Crippen LogP contribution in [-0.2, 0) is 4.43 Å². The van der Waals surface area contributed by atoms with Crippen LogP contribution < -0.4 is 5.32 Å². The highest BCUT2D eigenvalue weighted by molar-refractivity contribution is 6.74. The van der Waals surface area contributed by atoms with E-state index in [-0.39, 0.29) is 17.2 Å². The Balaban J connectivity index is 2.71. The fourth-order valence-electron chi connectivity index (χ4n) is 1.62. The minimum Gasteiger partial charge on any atom is -0.411 e. The van der Waals surface area contributed by atoms with E-state index in [1.807, 2.05) is 12.1 Å². The van der Waals surface area contributed by atoms with Crippen LogP contribution in [0.5, 0.6) is 0 Å². The fraction of sp³-hybridized carbons (Fsp3) is 0.917. The lowest BCUT2D eigenvalue weighted by molar-refractivity contribution is 0.0409. The van der Waals surface area contributed by atoms with Crippen molar-refractivity contribution < 1.29 is 9.22 Å². The number of urea groups is 1. The second-order valence-electron chi connectivity index (χ2n) is 6.55. The molecule has 18 heavy (non-hydrogen) atoms. The number of carbonyl (C=O) groups is 1. The lowest BCUT2D eigenvalue weighted by Gasteiger charge is -2.39. The predicted octanol–water partition coefficient (Wildman–Crippen LogP) is 1.88. The maximum absolute atomic E-state index is 11.7. The van der Waals surface area contributed by atoms with Gasteiger partial charge in [-0.15, -0.1) is 0 Å². The summed E-state index contributed by atoms with van der Waals surface area (Å²) in [7, 11) is 1.89. The quantitative estimate of drug-likeness (QED) is 0.781. The van der Waals surface area contributed by atoms with Crippen LogP contribution in [0, 0.1) is 0 Å². The molecule has 106 valence electrons. The first-order valence-corrected chi connectivity index (χ1v) is 9.36. The van der Waals surface area contributed by atoms with Gasteiger partial charge in [0.1, 0.15) is 0 Å². The van der Waals surface area contributed by atoms with E-state index in [2.05, 4.69) is 39.2 Å².